The highest BCUT2D eigenvalue weighted by atomic mass is 16.2. The molecule has 1 aromatic heterocycles. The Balaban J connectivity index is 2.02. The predicted octanol–water partition coefficient (Wildman–Crippen LogP) is 1.46. The number of rotatable bonds is 7. The van der Waals surface area contributed by atoms with E-state index in [4.69, 9.17) is 0 Å². The van der Waals surface area contributed by atoms with Gasteiger partial charge in [0.1, 0.15) is 5.82 Å². The molecule has 24 heavy (non-hydrogen) atoms. The van der Waals surface area contributed by atoms with Crippen molar-refractivity contribution in [3.63, 3.8) is 0 Å². The van der Waals surface area contributed by atoms with Crippen molar-refractivity contribution in [2.45, 2.75) is 25.7 Å². The number of likely N-dealkylation sites (tertiary alicyclic amines) is 1. The van der Waals surface area contributed by atoms with E-state index >= 15 is 0 Å². The highest BCUT2D eigenvalue weighted by Gasteiger charge is 2.25. The standard InChI is InChI=1S/C18H26N4O2/c1-4-8-22(9-5-2)18(24)13-21-10-6-7-15(12-21)16-11-17(23)20-14(3)19-16/h4-5,11,15H,1-2,6-10,12-13H2,3H3,(H,19,20,23)/t15-/m0/s1. The third-order valence-corrected chi connectivity index (χ3v) is 4.21. The van der Waals surface area contributed by atoms with Crippen molar-refractivity contribution in [1.82, 2.24) is 19.8 Å². The maximum Gasteiger partial charge on any atom is 0.251 e. The van der Waals surface area contributed by atoms with Crippen LogP contribution in [0.15, 0.2) is 36.2 Å². The smallest absolute Gasteiger partial charge is 0.251 e. The number of H-pyrrole nitrogens is 1. The average molecular weight is 330 g/mol. The highest BCUT2D eigenvalue weighted by Crippen LogP contribution is 2.24. The van der Waals surface area contributed by atoms with Crippen LogP contribution in [0, 0.1) is 6.92 Å². The minimum atomic E-state index is -0.117. The SMILES string of the molecule is C=CCN(CC=C)C(=O)CN1CCC[C@H](c2cc(=O)[nH]c(C)n2)C1. The summed E-state index contributed by atoms with van der Waals surface area (Å²) in [5.41, 5.74) is 0.705. The monoisotopic (exact) mass is 330 g/mol. The first-order chi connectivity index (χ1) is 11.5. The third kappa shape index (κ3) is 4.89. The summed E-state index contributed by atoms with van der Waals surface area (Å²) >= 11 is 0. The molecule has 0 aliphatic carbocycles. The Kier molecular flexibility index (Phi) is 6.49. The van der Waals surface area contributed by atoms with Crippen molar-refractivity contribution in [1.29, 1.82) is 0 Å². The molecule has 1 N–H and O–H groups in total. The molecule has 1 aromatic rings. The molecule has 1 aliphatic heterocycles. The summed E-state index contributed by atoms with van der Waals surface area (Å²) < 4.78 is 0. The molecule has 1 saturated heterocycles. The Morgan fingerprint density at radius 1 is 1.46 bits per heavy atom. The number of nitrogens with zero attached hydrogens (tertiary/aromatic N) is 3. The maximum absolute atomic E-state index is 12.5. The van der Waals surface area contributed by atoms with E-state index < -0.39 is 0 Å². The first-order valence-corrected chi connectivity index (χ1v) is 8.33. The molecule has 6 nitrogen and oxygen atoms in total. The summed E-state index contributed by atoms with van der Waals surface area (Å²) in [6.45, 7) is 12.2. The van der Waals surface area contributed by atoms with E-state index in [1.165, 1.54) is 0 Å². The van der Waals surface area contributed by atoms with Crippen LogP contribution >= 0.6 is 0 Å². The van der Waals surface area contributed by atoms with Crippen LogP contribution in [0.3, 0.4) is 0 Å². The Morgan fingerprint density at radius 3 is 2.79 bits per heavy atom. The van der Waals surface area contributed by atoms with Crippen molar-refractivity contribution in [2.24, 2.45) is 0 Å². The van der Waals surface area contributed by atoms with Crippen LogP contribution in [0.1, 0.15) is 30.3 Å². The molecule has 1 atom stereocenters. The first-order valence-electron chi connectivity index (χ1n) is 8.33. The lowest BCUT2D eigenvalue weighted by atomic mass is 9.94. The summed E-state index contributed by atoms with van der Waals surface area (Å²) in [7, 11) is 0. The van der Waals surface area contributed by atoms with E-state index in [1.807, 2.05) is 0 Å². The van der Waals surface area contributed by atoms with Gasteiger partial charge >= 0.3 is 0 Å². The van der Waals surface area contributed by atoms with E-state index in [2.05, 4.69) is 28.0 Å². The van der Waals surface area contributed by atoms with Gasteiger partial charge in [-0.25, -0.2) is 4.98 Å². The van der Waals surface area contributed by atoms with E-state index in [1.54, 1.807) is 30.0 Å². The van der Waals surface area contributed by atoms with Crippen molar-refractivity contribution >= 4 is 5.91 Å². The fourth-order valence-electron chi connectivity index (χ4n) is 3.13. The van der Waals surface area contributed by atoms with Crippen LogP contribution in [0.4, 0.5) is 0 Å². The van der Waals surface area contributed by atoms with Crippen LogP contribution in [-0.4, -0.2) is 58.4 Å². The van der Waals surface area contributed by atoms with Crippen LogP contribution in [0.25, 0.3) is 0 Å². The molecule has 1 aliphatic rings. The van der Waals surface area contributed by atoms with Gasteiger partial charge < -0.3 is 9.88 Å². The number of aryl methyl sites for hydroxylation is 1. The van der Waals surface area contributed by atoms with Crippen LogP contribution < -0.4 is 5.56 Å². The van der Waals surface area contributed by atoms with Gasteiger partial charge in [0.25, 0.3) is 5.56 Å². The summed E-state index contributed by atoms with van der Waals surface area (Å²) in [5, 5.41) is 0. The molecule has 0 unspecified atom stereocenters. The molecule has 0 aromatic carbocycles. The van der Waals surface area contributed by atoms with Crippen LogP contribution in [0.2, 0.25) is 0 Å². The van der Waals surface area contributed by atoms with Gasteiger partial charge in [-0.2, -0.15) is 0 Å². The molecule has 130 valence electrons. The number of carbonyl (C=O) groups is 1. The molecule has 0 bridgehead atoms. The number of nitrogens with one attached hydrogen (secondary N) is 1. The minimum Gasteiger partial charge on any atom is -0.334 e. The number of hydrogen-bond acceptors (Lipinski definition) is 4. The molecule has 0 saturated carbocycles. The van der Waals surface area contributed by atoms with Crippen LogP contribution in [-0.2, 0) is 4.79 Å². The zero-order valence-corrected chi connectivity index (χ0v) is 14.3. The molecule has 1 amide bonds. The first kappa shape index (κ1) is 18.1. The van der Waals surface area contributed by atoms with Gasteiger partial charge in [0.2, 0.25) is 5.91 Å². The average Bonchev–Trinajstić information content (AvgIpc) is 2.54. The normalized spacial score (nSPS) is 18.1. The van der Waals surface area contributed by atoms with Gasteiger partial charge in [-0.05, 0) is 26.3 Å². The van der Waals surface area contributed by atoms with Crippen molar-refractivity contribution in [3.8, 4) is 0 Å². The number of aromatic amines is 1. The lowest BCUT2D eigenvalue weighted by Crippen LogP contribution is -2.44. The second-order valence-corrected chi connectivity index (χ2v) is 6.21. The summed E-state index contributed by atoms with van der Waals surface area (Å²) in [6, 6.07) is 1.57. The Morgan fingerprint density at radius 2 is 2.17 bits per heavy atom. The maximum atomic E-state index is 12.5. The van der Waals surface area contributed by atoms with Gasteiger partial charge in [0.15, 0.2) is 0 Å². The van der Waals surface area contributed by atoms with Gasteiger partial charge in [0, 0.05) is 31.6 Å². The van der Waals surface area contributed by atoms with Gasteiger partial charge in [-0.15, -0.1) is 13.2 Å². The van der Waals surface area contributed by atoms with Crippen molar-refractivity contribution in [3.05, 3.63) is 53.2 Å². The fraction of sp³-hybridized carbons (Fsp3) is 0.500. The topological polar surface area (TPSA) is 69.3 Å². The van der Waals surface area contributed by atoms with Gasteiger partial charge in [-0.1, -0.05) is 12.2 Å². The second kappa shape index (κ2) is 8.59. The molecule has 2 rings (SSSR count). The quantitative estimate of drug-likeness (QED) is 0.769. The summed E-state index contributed by atoms with van der Waals surface area (Å²) in [6.07, 6.45) is 5.44. The zero-order chi connectivity index (χ0) is 17.5. The van der Waals surface area contributed by atoms with E-state index in [9.17, 15) is 9.59 Å². The molecular weight excluding hydrogens is 304 g/mol. The van der Waals surface area contributed by atoms with Gasteiger partial charge in [0.05, 0.1) is 12.2 Å². The molecule has 2 heterocycles. The van der Waals surface area contributed by atoms with E-state index in [0.717, 1.165) is 31.6 Å². The van der Waals surface area contributed by atoms with Crippen molar-refractivity contribution < 1.29 is 4.79 Å². The highest BCUT2D eigenvalue weighted by molar-refractivity contribution is 5.78. The molecular formula is C18H26N4O2. The number of hydrogen-bond donors (Lipinski definition) is 1. The largest absolute Gasteiger partial charge is 0.334 e. The predicted molar refractivity (Wildman–Crippen MR) is 95.0 cm³/mol. The Hall–Kier alpha value is -2.21. The van der Waals surface area contributed by atoms with E-state index in [0.29, 0.717) is 25.5 Å². The third-order valence-electron chi connectivity index (χ3n) is 4.21. The van der Waals surface area contributed by atoms with Crippen molar-refractivity contribution in [2.75, 3.05) is 32.7 Å². The number of amides is 1. The lowest BCUT2D eigenvalue weighted by Gasteiger charge is -2.33. The van der Waals surface area contributed by atoms with E-state index in [-0.39, 0.29) is 17.4 Å². The minimum absolute atomic E-state index is 0.0745. The number of piperidine rings is 1. The Labute approximate surface area is 142 Å². The number of aromatic nitrogens is 2. The molecule has 1 fully saturated rings. The van der Waals surface area contributed by atoms with Gasteiger partial charge in [-0.3, -0.25) is 14.5 Å². The van der Waals surface area contributed by atoms with Crippen LogP contribution in [0.5, 0.6) is 0 Å². The number of carbonyl (C=O) groups excluding carboxylic acids is 1. The molecule has 6 heteroatoms. The Bertz CT molecular complexity index is 643. The molecule has 0 spiro atoms. The summed E-state index contributed by atoms with van der Waals surface area (Å²) in [5.74, 6) is 0.902. The fourth-order valence-corrected chi connectivity index (χ4v) is 3.13. The zero-order valence-electron chi connectivity index (χ0n) is 14.3. The lowest BCUT2D eigenvalue weighted by molar-refractivity contribution is -0.131. The second-order valence-electron chi connectivity index (χ2n) is 6.21. The molecule has 0 radical (unpaired) electrons. The summed E-state index contributed by atoms with van der Waals surface area (Å²) in [4.78, 5) is 35.1.